The highest BCUT2D eigenvalue weighted by Gasteiger charge is 2.48. The fraction of sp³-hybridized carbons (Fsp3) is 0.481. The number of carboxylic acids is 1. The first-order chi connectivity index (χ1) is 48.0. The summed E-state index contributed by atoms with van der Waals surface area (Å²) in [6.07, 6.45) is 14.8. The van der Waals surface area contributed by atoms with Crippen LogP contribution >= 0.6 is 0 Å². The van der Waals surface area contributed by atoms with Gasteiger partial charge in [-0.25, -0.2) is 9.59 Å². The van der Waals surface area contributed by atoms with Gasteiger partial charge in [-0.15, -0.1) is 0 Å². The molecule has 2 spiro atoms. The number of methoxy groups -OCH3 is 6. The number of nitrogens with two attached hydrogens (primary N) is 3. The molecule has 0 radical (unpaired) electrons. The Hall–Kier alpha value is -8.89. The van der Waals surface area contributed by atoms with E-state index in [4.69, 9.17) is 60.2 Å². The Balaban J connectivity index is 0.000000140. The van der Waals surface area contributed by atoms with Crippen LogP contribution in [0.2, 0.25) is 0 Å². The molecule has 6 aromatic carbocycles. The molecule has 11 N–H and O–H groups in total. The smallest absolute Gasteiger partial charge is 0.407 e. The first-order valence-corrected chi connectivity index (χ1v) is 34.7. The second-order valence-electron chi connectivity index (χ2n) is 28.2. The third-order valence-electron chi connectivity index (χ3n) is 21.5. The van der Waals surface area contributed by atoms with Crippen LogP contribution in [0.1, 0.15) is 184 Å². The molecule has 21 nitrogen and oxygen atoms in total. The topological polar surface area (TPSA) is 322 Å². The molecule has 11 atom stereocenters. The number of rotatable bonds is 14. The number of Topliss-reactive ketones (excluding diaryl/α,β-unsaturated/α-hetero) is 1. The van der Waals surface area contributed by atoms with Crippen molar-refractivity contribution in [3.05, 3.63) is 179 Å². The van der Waals surface area contributed by atoms with Gasteiger partial charge in [0.1, 0.15) is 64.6 Å². The van der Waals surface area contributed by atoms with Crippen LogP contribution in [-0.4, -0.2) is 135 Å². The number of amides is 2. The molecule has 6 aliphatic carbocycles. The van der Waals surface area contributed by atoms with Crippen LogP contribution in [0.15, 0.2) is 146 Å². The fourth-order valence-electron chi connectivity index (χ4n) is 15.4. The van der Waals surface area contributed by atoms with Crippen LogP contribution in [0.4, 0.5) is 9.59 Å². The standard InChI is InChI=1S/C14H17NO3.C14H19NO3.C13H15NO3.C13H17NO3.C13H19NO2.C12H14O2/c1-17-12-4-2-10(3-5-12)11-6-7-14(8-11)9-18-13(16)15-14;1-17-12-5-3-10(4-6-12)11-7-8-14(15,9-11)13(16)18-2;15-11-3-1-9(2-4-11)10-5-6-13(7-10)8-17-12(16)14-13;1-17-11-4-2-9(3-5-11)10-6-7-13(14,8-10)12(15)16;1-16-12-4-2-10(3-5-12)11-6-7-13(14,8-11)9-15;1-14-12-6-3-9(4-7-12)10-2-5-11(13)8-10/h2-5,11H,6-9H2,1H3,(H,15,16);3-6,11H,7-9,15H2,1-2H3;1-4,10,15H,5-8H2,(H,14,16);2-5,10H,6-8,14H2,1H3,(H,15,16);2-5,11,15H,6-9,14H2,1H3;3-4,6-7,10H,2,5,8H2,1H3/t2*11-,14-;2*10-,13-;11-,13-;10-/m111111/s1. The number of carbonyl (C=O) groups excluding carboxylic acids is 4. The second-order valence-corrected chi connectivity index (χ2v) is 28.2. The Morgan fingerprint density at radius 3 is 1.06 bits per heavy atom. The summed E-state index contributed by atoms with van der Waals surface area (Å²) in [5.74, 6) is 6.17. The lowest BCUT2D eigenvalue weighted by Gasteiger charge is -2.20. The van der Waals surface area contributed by atoms with E-state index in [1.54, 1.807) is 47.7 Å². The van der Waals surface area contributed by atoms with Gasteiger partial charge in [-0.05, 0) is 244 Å². The number of cyclic esters (lactones) is 2. The molecule has 538 valence electrons. The van der Waals surface area contributed by atoms with Gasteiger partial charge in [-0.1, -0.05) is 72.8 Å². The molecule has 100 heavy (non-hydrogen) atoms. The van der Waals surface area contributed by atoms with Crippen molar-refractivity contribution in [2.75, 3.05) is 62.5 Å². The van der Waals surface area contributed by atoms with E-state index in [-0.39, 0.29) is 47.3 Å². The van der Waals surface area contributed by atoms with Crippen LogP contribution < -0.4 is 51.5 Å². The van der Waals surface area contributed by atoms with Crippen molar-refractivity contribution in [3.8, 4) is 34.5 Å². The maximum atomic E-state index is 11.6. The van der Waals surface area contributed by atoms with Gasteiger partial charge in [0.25, 0.3) is 0 Å². The number of aliphatic carboxylic acids is 1. The number of alkyl carbamates (subject to hydrolysis) is 2. The van der Waals surface area contributed by atoms with Crippen LogP contribution in [0.3, 0.4) is 0 Å². The lowest BCUT2D eigenvalue weighted by atomic mass is 9.93. The third-order valence-corrected chi connectivity index (χ3v) is 21.5. The molecule has 0 unspecified atom stereocenters. The number of aromatic hydroxyl groups is 1. The molecule has 2 aliphatic heterocycles. The van der Waals surface area contributed by atoms with E-state index in [0.29, 0.717) is 86.4 Å². The molecule has 2 saturated heterocycles. The quantitative estimate of drug-likeness (QED) is 0.0371. The summed E-state index contributed by atoms with van der Waals surface area (Å²) >= 11 is 0. The van der Waals surface area contributed by atoms with Gasteiger partial charge < -0.3 is 81.0 Å². The van der Waals surface area contributed by atoms with Gasteiger partial charge in [-0.3, -0.25) is 14.4 Å². The first kappa shape index (κ1) is 75.3. The van der Waals surface area contributed by atoms with Gasteiger partial charge in [0.05, 0.1) is 60.3 Å². The van der Waals surface area contributed by atoms with E-state index >= 15 is 0 Å². The number of esters is 1. The van der Waals surface area contributed by atoms with Crippen LogP contribution in [-0.2, 0) is 28.6 Å². The number of ketones is 1. The summed E-state index contributed by atoms with van der Waals surface area (Å²) in [5.41, 5.74) is 22.9. The SMILES string of the molecule is COC(=O)[C@@]1(N)CC[C@@H](c2ccc(OC)cc2)C1.COc1ccc([C@@H]2CCC(=O)C2)cc1.COc1ccc([C@@H]2CC[C@](N)(C(=O)O)C2)cc1.COc1ccc([C@@H]2CC[C@](N)(CO)C2)cc1.COc1ccc([C@@H]2CC[C@]3(COC(=O)N3)C2)cc1.O=C1N[C@@]2(CC[C@@H](c3ccc(O)cc3)C2)CO1. The van der Waals surface area contributed by atoms with Crippen molar-refractivity contribution in [1.29, 1.82) is 0 Å². The molecule has 21 heteroatoms. The van der Waals surface area contributed by atoms with Gasteiger partial charge in [0.15, 0.2) is 0 Å². The lowest BCUT2D eigenvalue weighted by Crippen LogP contribution is -2.46. The minimum Gasteiger partial charge on any atom is -0.508 e. The zero-order chi connectivity index (χ0) is 71.7. The summed E-state index contributed by atoms with van der Waals surface area (Å²) < 4.78 is 40.4. The van der Waals surface area contributed by atoms with Crippen molar-refractivity contribution in [1.82, 2.24) is 10.6 Å². The number of carbonyl (C=O) groups is 5. The van der Waals surface area contributed by atoms with Crippen LogP contribution in [0.5, 0.6) is 34.5 Å². The van der Waals surface area contributed by atoms with Gasteiger partial charge in [-0.2, -0.15) is 0 Å². The Morgan fingerprint density at radius 2 is 0.760 bits per heavy atom. The maximum Gasteiger partial charge on any atom is 0.407 e. The molecule has 8 aliphatic rings. The van der Waals surface area contributed by atoms with Crippen molar-refractivity contribution < 1.29 is 77.2 Å². The number of aliphatic hydroxyl groups excluding tert-OH is 1. The molecule has 2 heterocycles. The fourth-order valence-corrected chi connectivity index (χ4v) is 15.4. The highest BCUT2D eigenvalue weighted by atomic mass is 16.6. The molecular formula is C79H101N5O16. The Kier molecular flexibility index (Phi) is 25.6. The lowest BCUT2D eigenvalue weighted by molar-refractivity contribution is -0.147. The zero-order valence-corrected chi connectivity index (χ0v) is 58.6. The zero-order valence-electron chi connectivity index (χ0n) is 58.6. The number of aliphatic hydroxyl groups is 1. The number of phenolic OH excluding ortho intramolecular Hbond substituents is 1. The predicted molar refractivity (Wildman–Crippen MR) is 380 cm³/mol. The summed E-state index contributed by atoms with van der Waals surface area (Å²) in [4.78, 5) is 56.1. The highest BCUT2D eigenvalue weighted by Crippen LogP contribution is 2.46. The first-order valence-electron chi connectivity index (χ1n) is 34.7. The van der Waals surface area contributed by atoms with Gasteiger partial charge in [0, 0.05) is 18.4 Å². The van der Waals surface area contributed by atoms with E-state index in [2.05, 4.69) is 47.0 Å². The summed E-state index contributed by atoms with van der Waals surface area (Å²) in [6, 6.07) is 47.4. The molecular weight excluding hydrogens is 1270 g/mol. The van der Waals surface area contributed by atoms with E-state index in [9.17, 15) is 34.2 Å². The number of phenols is 1. The summed E-state index contributed by atoms with van der Waals surface area (Å²) in [7, 11) is 9.66. The van der Waals surface area contributed by atoms with Crippen LogP contribution in [0.25, 0.3) is 0 Å². The van der Waals surface area contributed by atoms with Crippen molar-refractivity contribution in [2.45, 2.75) is 179 Å². The number of nitrogens with one attached hydrogen (secondary N) is 2. The van der Waals surface area contributed by atoms with Crippen molar-refractivity contribution in [3.63, 3.8) is 0 Å². The Morgan fingerprint density at radius 1 is 0.440 bits per heavy atom. The number of benzene rings is 6. The normalized spacial score (nSPS) is 28.1. The second kappa shape index (κ2) is 34.0. The Bertz CT molecular complexity index is 3660. The minimum atomic E-state index is -1.05. The largest absolute Gasteiger partial charge is 0.508 e. The summed E-state index contributed by atoms with van der Waals surface area (Å²) in [6.45, 7) is 1.08. The maximum absolute atomic E-state index is 11.6. The highest BCUT2D eigenvalue weighted by molar-refractivity contribution is 5.82. The average molecular weight is 1380 g/mol. The number of hydrogen-bond donors (Lipinski definition) is 8. The monoisotopic (exact) mass is 1380 g/mol. The summed E-state index contributed by atoms with van der Waals surface area (Å²) in [5, 5.41) is 33.5. The molecule has 6 aromatic rings. The average Bonchev–Trinajstić information content (AvgIpc) is 1.68. The minimum absolute atomic E-state index is 0.0830. The molecule has 2 amide bonds. The molecule has 14 rings (SSSR count). The van der Waals surface area contributed by atoms with Gasteiger partial charge >= 0.3 is 24.1 Å². The van der Waals surface area contributed by atoms with Crippen molar-refractivity contribution in [2.24, 2.45) is 17.2 Å². The number of hydrogen-bond acceptors (Lipinski definition) is 18. The van der Waals surface area contributed by atoms with E-state index in [0.717, 1.165) is 118 Å². The number of ether oxygens (including phenoxy) is 8. The molecule has 0 bridgehead atoms. The third kappa shape index (κ3) is 19.6. The molecule has 6 saturated carbocycles. The number of carboxylic acid groups (broad SMARTS) is 1. The molecule has 8 fully saturated rings. The van der Waals surface area contributed by atoms with E-state index in [1.807, 2.05) is 97.1 Å². The van der Waals surface area contributed by atoms with Gasteiger partial charge in [0.2, 0.25) is 0 Å². The Labute approximate surface area is 587 Å². The predicted octanol–water partition coefficient (Wildman–Crippen LogP) is 12.3. The van der Waals surface area contributed by atoms with Crippen molar-refractivity contribution >= 4 is 29.9 Å². The van der Waals surface area contributed by atoms with Crippen LogP contribution in [0, 0.1) is 0 Å². The van der Waals surface area contributed by atoms with E-state index < -0.39 is 17.0 Å². The van der Waals surface area contributed by atoms with E-state index in [1.165, 1.54) is 34.9 Å². The molecule has 0 aromatic heterocycles.